The lowest BCUT2D eigenvalue weighted by molar-refractivity contribution is -0.384. The predicted octanol–water partition coefficient (Wildman–Crippen LogP) is 1.88. The fraction of sp³-hybridized carbons (Fsp3) is 0.360. The molecule has 2 heterocycles. The molecule has 4 rings (SSSR count). The number of rotatable bonds is 8. The number of benzene rings is 2. The first-order valence-corrected chi connectivity index (χ1v) is 11.7. The van der Waals surface area contributed by atoms with Crippen molar-refractivity contribution < 1.29 is 33.6 Å². The van der Waals surface area contributed by atoms with Crippen molar-refractivity contribution in [3.63, 3.8) is 0 Å². The Hall–Kier alpha value is -4.48. The number of hydrogen-bond donors (Lipinski definition) is 1. The first-order valence-electron chi connectivity index (χ1n) is 11.7. The van der Waals surface area contributed by atoms with Crippen LogP contribution in [0.3, 0.4) is 0 Å². The van der Waals surface area contributed by atoms with E-state index in [0.717, 1.165) is 17.0 Å². The van der Waals surface area contributed by atoms with E-state index in [1.165, 1.54) is 20.3 Å². The molecule has 4 amide bonds. The Morgan fingerprint density at radius 2 is 1.68 bits per heavy atom. The maximum atomic E-state index is 12.9. The molecule has 0 radical (unpaired) electrons. The number of nitrogens with zero attached hydrogens (tertiary/aromatic N) is 3. The highest BCUT2D eigenvalue weighted by molar-refractivity contribution is 6.22. The molecule has 0 unspecified atom stereocenters. The summed E-state index contributed by atoms with van der Waals surface area (Å²) in [5, 5.41) is 13.7. The van der Waals surface area contributed by atoms with Crippen LogP contribution in [0.15, 0.2) is 36.4 Å². The van der Waals surface area contributed by atoms with E-state index in [1.54, 1.807) is 23.1 Å². The minimum atomic E-state index is -0.735. The van der Waals surface area contributed by atoms with E-state index in [9.17, 15) is 29.3 Å². The average Bonchev–Trinajstić information content (AvgIpc) is 3.15. The maximum absolute atomic E-state index is 12.9. The van der Waals surface area contributed by atoms with Crippen molar-refractivity contribution in [2.24, 2.45) is 5.92 Å². The number of methoxy groups -OCH3 is 2. The Morgan fingerprint density at radius 1 is 1.00 bits per heavy atom. The van der Waals surface area contributed by atoms with Gasteiger partial charge in [-0.1, -0.05) is 0 Å². The van der Waals surface area contributed by atoms with E-state index in [-0.39, 0.29) is 28.6 Å². The number of likely N-dealkylation sites (tertiary alicyclic amines) is 1. The normalized spacial score (nSPS) is 15.4. The van der Waals surface area contributed by atoms with Gasteiger partial charge >= 0.3 is 0 Å². The number of non-ortho nitro benzene ring substituents is 1. The number of nitro benzene ring substituents is 1. The molecule has 2 aromatic rings. The number of amides is 4. The number of piperidine rings is 1. The molecule has 0 spiro atoms. The first kappa shape index (κ1) is 25.6. The molecule has 12 nitrogen and oxygen atoms in total. The SMILES string of the molecule is COc1ccc(C(=O)N2CCC(CNC(=O)CN3C(=O)c4ccc([N+](=O)[O-])cc4C3=O)CC2)cc1OC. The molecule has 0 aromatic heterocycles. The molecule has 1 fully saturated rings. The Morgan fingerprint density at radius 3 is 2.32 bits per heavy atom. The number of ether oxygens (including phenoxy) is 2. The zero-order chi connectivity index (χ0) is 26.7. The van der Waals surface area contributed by atoms with Crippen molar-refractivity contribution in [1.29, 1.82) is 0 Å². The smallest absolute Gasteiger partial charge is 0.270 e. The monoisotopic (exact) mass is 510 g/mol. The van der Waals surface area contributed by atoms with E-state index >= 15 is 0 Å². The molecule has 37 heavy (non-hydrogen) atoms. The molecular weight excluding hydrogens is 484 g/mol. The summed E-state index contributed by atoms with van der Waals surface area (Å²) >= 11 is 0. The van der Waals surface area contributed by atoms with E-state index in [4.69, 9.17) is 9.47 Å². The van der Waals surface area contributed by atoms with Crippen molar-refractivity contribution in [3.8, 4) is 11.5 Å². The minimum Gasteiger partial charge on any atom is -0.493 e. The van der Waals surface area contributed by atoms with Crippen LogP contribution in [0.5, 0.6) is 11.5 Å². The Kier molecular flexibility index (Phi) is 7.37. The summed E-state index contributed by atoms with van der Waals surface area (Å²) < 4.78 is 10.5. The van der Waals surface area contributed by atoms with Gasteiger partial charge in [0.05, 0.1) is 30.3 Å². The number of fused-ring (bicyclic) bond motifs is 1. The van der Waals surface area contributed by atoms with Gasteiger partial charge in [0.2, 0.25) is 5.91 Å². The highest BCUT2D eigenvalue weighted by Crippen LogP contribution is 2.29. The number of carbonyl (C=O) groups excluding carboxylic acids is 4. The van der Waals surface area contributed by atoms with Crippen LogP contribution in [-0.2, 0) is 4.79 Å². The third-order valence-electron chi connectivity index (χ3n) is 6.59. The molecule has 0 bridgehead atoms. The van der Waals surface area contributed by atoms with Gasteiger partial charge in [-0.3, -0.25) is 34.2 Å². The predicted molar refractivity (Wildman–Crippen MR) is 130 cm³/mol. The van der Waals surface area contributed by atoms with Crippen molar-refractivity contribution >= 4 is 29.3 Å². The summed E-state index contributed by atoms with van der Waals surface area (Å²) in [5.74, 6) is -0.878. The van der Waals surface area contributed by atoms with Gasteiger partial charge in [0.15, 0.2) is 11.5 Å². The maximum Gasteiger partial charge on any atom is 0.270 e. The van der Waals surface area contributed by atoms with Gasteiger partial charge in [-0.2, -0.15) is 0 Å². The molecule has 0 saturated carbocycles. The van der Waals surface area contributed by atoms with Gasteiger partial charge in [0.1, 0.15) is 6.54 Å². The molecular formula is C25H26N4O8. The number of hydrogen-bond acceptors (Lipinski definition) is 8. The summed E-state index contributed by atoms with van der Waals surface area (Å²) in [5.41, 5.74) is 0.145. The van der Waals surface area contributed by atoms with Crippen molar-refractivity contribution in [2.75, 3.05) is 40.4 Å². The molecule has 0 atom stereocenters. The summed E-state index contributed by atoms with van der Waals surface area (Å²) in [6.45, 7) is 0.901. The van der Waals surface area contributed by atoms with Gasteiger partial charge in [0.25, 0.3) is 23.4 Å². The molecule has 2 aliphatic rings. The summed E-state index contributed by atoms with van der Waals surface area (Å²) in [6.07, 6.45) is 1.35. The molecule has 1 N–H and O–H groups in total. The summed E-state index contributed by atoms with van der Waals surface area (Å²) in [6, 6.07) is 8.44. The fourth-order valence-corrected chi connectivity index (χ4v) is 4.49. The third kappa shape index (κ3) is 5.22. The fourth-order valence-electron chi connectivity index (χ4n) is 4.49. The second kappa shape index (κ2) is 10.6. The largest absolute Gasteiger partial charge is 0.493 e. The zero-order valence-corrected chi connectivity index (χ0v) is 20.4. The van der Waals surface area contributed by atoms with Gasteiger partial charge in [-0.25, -0.2) is 0 Å². The second-order valence-electron chi connectivity index (χ2n) is 8.79. The number of imide groups is 1. The second-order valence-corrected chi connectivity index (χ2v) is 8.79. The van der Waals surface area contributed by atoms with Gasteiger partial charge < -0.3 is 19.7 Å². The average molecular weight is 511 g/mol. The Labute approximate surface area is 212 Å². The third-order valence-corrected chi connectivity index (χ3v) is 6.59. The zero-order valence-electron chi connectivity index (χ0n) is 20.4. The highest BCUT2D eigenvalue weighted by Gasteiger charge is 2.38. The van der Waals surface area contributed by atoms with Crippen LogP contribution in [0.25, 0.3) is 0 Å². The summed E-state index contributed by atoms with van der Waals surface area (Å²) in [4.78, 5) is 63.3. The molecule has 2 aromatic carbocycles. The summed E-state index contributed by atoms with van der Waals surface area (Å²) in [7, 11) is 3.03. The topological polar surface area (TPSA) is 148 Å². The van der Waals surface area contributed by atoms with Crippen LogP contribution in [0.2, 0.25) is 0 Å². The quantitative estimate of drug-likeness (QED) is 0.321. The number of carbonyl (C=O) groups is 4. The molecule has 194 valence electrons. The highest BCUT2D eigenvalue weighted by atomic mass is 16.6. The van der Waals surface area contributed by atoms with Crippen LogP contribution >= 0.6 is 0 Å². The van der Waals surface area contributed by atoms with Crippen molar-refractivity contribution in [2.45, 2.75) is 12.8 Å². The molecule has 0 aliphatic carbocycles. The van der Waals surface area contributed by atoms with Crippen LogP contribution in [0.4, 0.5) is 5.69 Å². The van der Waals surface area contributed by atoms with Crippen LogP contribution in [0, 0.1) is 16.0 Å². The van der Waals surface area contributed by atoms with E-state index < -0.39 is 29.2 Å². The lowest BCUT2D eigenvalue weighted by Gasteiger charge is -2.32. The minimum absolute atomic E-state index is 0.0370. The van der Waals surface area contributed by atoms with E-state index in [1.807, 2.05) is 0 Å². The number of nitro groups is 1. The van der Waals surface area contributed by atoms with Crippen molar-refractivity contribution in [1.82, 2.24) is 15.1 Å². The van der Waals surface area contributed by atoms with Gasteiger partial charge in [-0.05, 0) is 43.0 Å². The Bertz CT molecular complexity index is 1270. The first-order chi connectivity index (χ1) is 17.7. The lowest BCUT2D eigenvalue weighted by atomic mass is 9.96. The van der Waals surface area contributed by atoms with Crippen molar-refractivity contribution in [3.05, 3.63) is 63.2 Å². The van der Waals surface area contributed by atoms with Gasteiger partial charge in [0, 0.05) is 37.3 Å². The van der Waals surface area contributed by atoms with Crippen LogP contribution in [0.1, 0.15) is 43.9 Å². The van der Waals surface area contributed by atoms with Crippen LogP contribution in [-0.4, -0.2) is 78.8 Å². The molecule has 12 heteroatoms. The standard InChI is InChI=1S/C25H26N4O8/c1-36-20-6-3-16(11-21(20)37-2)23(31)27-9-7-15(8-10-27)13-26-22(30)14-28-24(32)18-5-4-17(29(34)35)12-19(18)25(28)33/h3-6,11-12,15H,7-10,13-14H2,1-2H3,(H,26,30). The molecule has 1 saturated heterocycles. The molecule has 2 aliphatic heterocycles. The lowest BCUT2D eigenvalue weighted by Crippen LogP contribution is -2.44. The van der Waals surface area contributed by atoms with E-state index in [0.29, 0.717) is 49.5 Å². The van der Waals surface area contributed by atoms with Gasteiger partial charge in [-0.15, -0.1) is 0 Å². The van der Waals surface area contributed by atoms with E-state index in [2.05, 4.69) is 5.32 Å². The Balaban J connectivity index is 1.26. The van der Waals surface area contributed by atoms with Crippen LogP contribution < -0.4 is 14.8 Å². The number of nitrogens with one attached hydrogen (secondary N) is 1.